The Kier molecular flexibility index (Phi) is 8.32. The first-order valence-corrected chi connectivity index (χ1v) is 11.3. The van der Waals surface area contributed by atoms with Gasteiger partial charge in [0.15, 0.2) is 5.69 Å². The van der Waals surface area contributed by atoms with E-state index in [9.17, 15) is 27.6 Å². The van der Waals surface area contributed by atoms with E-state index in [1.807, 2.05) is 0 Å². The molecule has 2 rings (SSSR count). The standard InChI is InChI=1S/C24H32F3N3O6/c1-9-14-11-10-12-29(14)18-15(24(25,26)27)13-16(17(28-18)19(31)34-8)30(20(32)35-22(2,3)4)21(33)36-23(5,6)7/h9,13-14H,1,10-12H2,2-8H3. The van der Waals surface area contributed by atoms with Crippen molar-refractivity contribution < 1.29 is 41.8 Å². The molecule has 1 aliphatic rings. The van der Waals surface area contributed by atoms with Gasteiger partial charge in [-0.2, -0.15) is 18.1 Å². The summed E-state index contributed by atoms with van der Waals surface area (Å²) in [6.45, 7) is 12.9. The topological polar surface area (TPSA) is 98.3 Å². The van der Waals surface area contributed by atoms with Gasteiger partial charge < -0.3 is 19.1 Å². The summed E-state index contributed by atoms with van der Waals surface area (Å²) in [5.41, 5.74) is -4.98. The first kappa shape index (κ1) is 28.9. The van der Waals surface area contributed by atoms with Crippen molar-refractivity contribution in [1.29, 1.82) is 0 Å². The molecule has 0 saturated carbocycles. The zero-order valence-corrected chi connectivity index (χ0v) is 21.5. The second-order valence-electron chi connectivity index (χ2n) is 10.2. The van der Waals surface area contributed by atoms with E-state index < -0.39 is 64.3 Å². The van der Waals surface area contributed by atoms with Gasteiger partial charge in [-0.25, -0.2) is 19.4 Å². The maximum Gasteiger partial charge on any atom is 0.424 e. The van der Waals surface area contributed by atoms with E-state index in [4.69, 9.17) is 14.2 Å². The Labute approximate surface area is 208 Å². The molecule has 200 valence electrons. The Bertz CT molecular complexity index is 1000. The number of amides is 2. The highest BCUT2D eigenvalue weighted by molar-refractivity contribution is 6.13. The number of halogens is 3. The second kappa shape index (κ2) is 10.4. The molecular weight excluding hydrogens is 483 g/mol. The van der Waals surface area contributed by atoms with E-state index in [2.05, 4.69) is 11.6 Å². The molecule has 0 spiro atoms. The van der Waals surface area contributed by atoms with Crippen LogP contribution in [0, 0.1) is 0 Å². The van der Waals surface area contributed by atoms with Gasteiger partial charge in [0.05, 0.1) is 12.8 Å². The molecule has 0 N–H and O–H groups in total. The molecule has 1 unspecified atom stereocenters. The molecule has 1 aromatic rings. The molecule has 1 fully saturated rings. The van der Waals surface area contributed by atoms with Gasteiger partial charge in [0.25, 0.3) is 0 Å². The number of nitrogens with zero attached hydrogens (tertiary/aromatic N) is 3. The number of rotatable bonds is 4. The molecule has 9 nitrogen and oxygen atoms in total. The predicted octanol–water partition coefficient (Wildman–Crippen LogP) is 5.72. The van der Waals surface area contributed by atoms with Crippen LogP contribution < -0.4 is 9.80 Å². The van der Waals surface area contributed by atoms with Gasteiger partial charge in [0.2, 0.25) is 0 Å². The molecule has 36 heavy (non-hydrogen) atoms. The highest BCUT2D eigenvalue weighted by atomic mass is 19.4. The zero-order valence-electron chi connectivity index (χ0n) is 21.5. The van der Waals surface area contributed by atoms with Crippen LogP contribution in [0.15, 0.2) is 18.7 Å². The van der Waals surface area contributed by atoms with Crippen molar-refractivity contribution in [3.63, 3.8) is 0 Å². The molecule has 0 radical (unpaired) electrons. The van der Waals surface area contributed by atoms with E-state index in [0.29, 0.717) is 18.9 Å². The van der Waals surface area contributed by atoms with Crippen LogP contribution in [0.4, 0.5) is 34.3 Å². The van der Waals surface area contributed by atoms with Gasteiger partial charge in [-0.1, -0.05) is 6.08 Å². The van der Waals surface area contributed by atoms with E-state index in [0.717, 1.165) is 7.11 Å². The van der Waals surface area contributed by atoms with Crippen LogP contribution in [0.5, 0.6) is 0 Å². The van der Waals surface area contributed by atoms with Gasteiger partial charge >= 0.3 is 24.3 Å². The third kappa shape index (κ3) is 6.88. The molecule has 0 aromatic carbocycles. The summed E-state index contributed by atoms with van der Waals surface area (Å²) in [4.78, 5) is 44.4. The first-order valence-electron chi connectivity index (χ1n) is 11.3. The Morgan fingerprint density at radius 2 is 1.61 bits per heavy atom. The number of ether oxygens (including phenoxy) is 3. The fourth-order valence-corrected chi connectivity index (χ4v) is 3.52. The summed E-state index contributed by atoms with van der Waals surface area (Å²) in [6.07, 6.45) is -5.04. The fourth-order valence-electron chi connectivity index (χ4n) is 3.52. The molecule has 2 heterocycles. The van der Waals surface area contributed by atoms with Gasteiger partial charge in [-0.3, -0.25) is 0 Å². The lowest BCUT2D eigenvalue weighted by Gasteiger charge is -2.31. The number of esters is 1. The number of hydrogen-bond acceptors (Lipinski definition) is 8. The highest BCUT2D eigenvalue weighted by Gasteiger charge is 2.43. The minimum Gasteiger partial charge on any atom is -0.464 e. The Morgan fingerprint density at radius 3 is 2.03 bits per heavy atom. The molecule has 1 aromatic heterocycles. The number of carbonyl (C=O) groups is 3. The fraction of sp³-hybridized carbons (Fsp3) is 0.583. The van der Waals surface area contributed by atoms with Crippen LogP contribution in [0.3, 0.4) is 0 Å². The van der Waals surface area contributed by atoms with E-state index in [1.54, 1.807) is 0 Å². The number of imide groups is 1. The summed E-state index contributed by atoms with van der Waals surface area (Å²) in [6, 6.07) is 0.0590. The highest BCUT2D eigenvalue weighted by Crippen LogP contribution is 2.41. The Balaban J connectivity index is 2.87. The zero-order chi connectivity index (χ0) is 27.6. The van der Waals surface area contributed by atoms with Gasteiger partial charge in [0, 0.05) is 12.6 Å². The molecule has 1 saturated heterocycles. The number of carbonyl (C=O) groups excluding carboxylic acids is 3. The number of aromatic nitrogens is 1. The average molecular weight is 516 g/mol. The number of hydrogen-bond donors (Lipinski definition) is 0. The lowest BCUT2D eigenvalue weighted by Crippen LogP contribution is -2.45. The molecule has 2 amide bonds. The van der Waals surface area contributed by atoms with Crippen molar-refractivity contribution in [1.82, 2.24) is 4.98 Å². The van der Waals surface area contributed by atoms with Gasteiger partial charge in [0.1, 0.15) is 22.6 Å². The molecule has 1 atom stereocenters. The SMILES string of the molecule is C=CC1CCCN1c1nc(C(=O)OC)c(N(C(=O)OC(C)(C)C)C(=O)OC(C)(C)C)cc1C(F)(F)F. The van der Waals surface area contributed by atoms with E-state index >= 15 is 0 Å². The average Bonchev–Trinajstić information content (AvgIpc) is 3.18. The third-order valence-corrected chi connectivity index (χ3v) is 4.90. The summed E-state index contributed by atoms with van der Waals surface area (Å²) in [5.74, 6) is -1.70. The molecule has 12 heteroatoms. The third-order valence-electron chi connectivity index (χ3n) is 4.90. The lowest BCUT2D eigenvalue weighted by molar-refractivity contribution is -0.137. The van der Waals surface area contributed by atoms with Crippen LogP contribution >= 0.6 is 0 Å². The summed E-state index contributed by atoms with van der Waals surface area (Å²) in [7, 11) is 0.999. The summed E-state index contributed by atoms with van der Waals surface area (Å²) >= 11 is 0. The molecular formula is C24H32F3N3O6. The van der Waals surface area contributed by atoms with Crippen molar-refractivity contribution in [2.45, 2.75) is 77.8 Å². The number of anilines is 2. The van der Waals surface area contributed by atoms with Crippen LogP contribution in [0.25, 0.3) is 0 Å². The van der Waals surface area contributed by atoms with Gasteiger partial charge in [-0.05, 0) is 60.5 Å². The minimum absolute atomic E-state index is 0.226. The van der Waals surface area contributed by atoms with Crippen molar-refractivity contribution in [2.75, 3.05) is 23.5 Å². The smallest absolute Gasteiger partial charge is 0.424 e. The second-order valence-corrected chi connectivity index (χ2v) is 10.2. The monoisotopic (exact) mass is 515 g/mol. The molecule has 1 aliphatic heterocycles. The maximum atomic E-state index is 14.3. The quantitative estimate of drug-likeness (QED) is 0.285. The number of methoxy groups -OCH3 is 1. The van der Waals surface area contributed by atoms with Crippen LogP contribution in [-0.4, -0.2) is 54.0 Å². The van der Waals surface area contributed by atoms with Crippen molar-refractivity contribution in [3.05, 3.63) is 30.0 Å². The normalized spacial score (nSPS) is 16.4. The number of alkyl halides is 3. The predicted molar refractivity (Wildman–Crippen MR) is 126 cm³/mol. The van der Waals surface area contributed by atoms with Crippen molar-refractivity contribution >= 4 is 29.7 Å². The summed E-state index contributed by atoms with van der Waals surface area (Å²) in [5, 5.41) is 0. The van der Waals surface area contributed by atoms with Gasteiger partial charge in [-0.15, -0.1) is 6.58 Å². The summed E-state index contributed by atoms with van der Waals surface area (Å²) < 4.78 is 58.1. The van der Waals surface area contributed by atoms with E-state index in [1.165, 1.54) is 52.5 Å². The van der Waals surface area contributed by atoms with Crippen LogP contribution in [0.1, 0.15) is 70.4 Å². The molecule has 0 aliphatic carbocycles. The van der Waals surface area contributed by atoms with Crippen LogP contribution in [0.2, 0.25) is 0 Å². The largest absolute Gasteiger partial charge is 0.464 e. The van der Waals surface area contributed by atoms with Crippen molar-refractivity contribution in [2.24, 2.45) is 0 Å². The van der Waals surface area contributed by atoms with Crippen molar-refractivity contribution in [3.8, 4) is 0 Å². The molecule has 0 bridgehead atoms. The van der Waals surface area contributed by atoms with Crippen LogP contribution in [-0.2, 0) is 20.4 Å². The Morgan fingerprint density at radius 1 is 1.08 bits per heavy atom. The first-order chi connectivity index (χ1) is 16.4. The minimum atomic E-state index is -4.95. The number of pyridine rings is 1. The maximum absolute atomic E-state index is 14.3. The lowest BCUT2D eigenvalue weighted by atomic mass is 10.1. The Hall–Kier alpha value is -3.31. The van der Waals surface area contributed by atoms with E-state index in [-0.39, 0.29) is 11.4 Å².